The van der Waals surface area contributed by atoms with Crippen LogP contribution in [0, 0.1) is 18.7 Å². The molecule has 1 aliphatic carbocycles. The Hall–Kier alpha value is -2.84. The Bertz CT molecular complexity index is 1170. The molecule has 6 nitrogen and oxygen atoms in total. The first kappa shape index (κ1) is 27.2. The molecule has 200 valence electrons. The molecule has 0 spiro atoms. The van der Waals surface area contributed by atoms with Crippen LogP contribution in [0.1, 0.15) is 55.0 Å². The van der Waals surface area contributed by atoms with Gasteiger partial charge in [0.25, 0.3) is 0 Å². The Kier molecular flexibility index (Phi) is 8.60. The molecule has 0 saturated carbocycles. The minimum atomic E-state index is -0.867. The summed E-state index contributed by atoms with van der Waals surface area (Å²) in [6.45, 7) is 7.15. The molecule has 0 unspecified atom stereocenters. The number of carboxylic acids is 1. The second-order valence-electron chi connectivity index (χ2n) is 10.4. The van der Waals surface area contributed by atoms with Crippen molar-refractivity contribution in [3.8, 4) is 5.88 Å². The topological polar surface area (TPSA) is 65.9 Å². The van der Waals surface area contributed by atoms with Crippen LogP contribution in [0.3, 0.4) is 0 Å². The van der Waals surface area contributed by atoms with Crippen molar-refractivity contribution in [3.63, 3.8) is 0 Å². The number of likely N-dealkylation sites (N-methyl/N-ethyl adjacent to an activating group) is 1. The van der Waals surface area contributed by atoms with Crippen molar-refractivity contribution in [1.82, 2.24) is 14.8 Å². The molecule has 1 aromatic heterocycles. The van der Waals surface area contributed by atoms with Gasteiger partial charge in [-0.1, -0.05) is 31.2 Å². The standard InChI is InChI=1S/C29H37F2N3O3/c1-18(29(35)36)17-34-19(2)14-23-22-9-6-5-8-21(22)15-24(23)27(34)26-20(3)28(32-16-25(26)31)37-13-12-33(4)11-7-10-30/h5-6,8-9,16,18-19,27H,7,10-15,17H2,1-4H3,(H,35,36)/t18-,19+,27-/m0/s1. The summed E-state index contributed by atoms with van der Waals surface area (Å²) < 4.78 is 34.1. The van der Waals surface area contributed by atoms with Crippen molar-refractivity contribution in [3.05, 3.63) is 64.1 Å². The number of aromatic nitrogens is 1. The molecule has 0 amide bonds. The number of hydrogen-bond acceptors (Lipinski definition) is 5. The van der Waals surface area contributed by atoms with Gasteiger partial charge in [-0.15, -0.1) is 0 Å². The largest absolute Gasteiger partial charge is 0.481 e. The molecule has 8 heteroatoms. The second-order valence-corrected chi connectivity index (χ2v) is 10.4. The maximum Gasteiger partial charge on any atom is 0.307 e. The number of rotatable bonds is 11. The van der Waals surface area contributed by atoms with Crippen LogP contribution in [-0.2, 0) is 11.2 Å². The van der Waals surface area contributed by atoms with Crippen LogP contribution in [-0.4, -0.2) is 71.9 Å². The fourth-order valence-corrected chi connectivity index (χ4v) is 5.64. The number of ether oxygens (including phenoxy) is 1. The highest BCUT2D eigenvalue weighted by Crippen LogP contribution is 2.50. The maximum atomic E-state index is 15.7. The minimum Gasteiger partial charge on any atom is -0.481 e. The molecule has 3 atom stereocenters. The van der Waals surface area contributed by atoms with E-state index >= 15 is 4.39 Å². The number of pyridine rings is 1. The summed E-state index contributed by atoms with van der Waals surface area (Å²) in [6.07, 6.45) is 3.18. The van der Waals surface area contributed by atoms with E-state index in [4.69, 9.17) is 4.74 Å². The third-order valence-corrected chi connectivity index (χ3v) is 7.68. The number of alkyl halides is 1. The molecule has 1 N–H and O–H groups in total. The lowest BCUT2D eigenvalue weighted by molar-refractivity contribution is -0.142. The van der Waals surface area contributed by atoms with Crippen LogP contribution in [0.4, 0.5) is 8.78 Å². The van der Waals surface area contributed by atoms with Gasteiger partial charge >= 0.3 is 5.97 Å². The van der Waals surface area contributed by atoms with Crippen molar-refractivity contribution < 1.29 is 23.4 Å². The Morgan fingerprint density at radius 1 is 1.32 bits per heavy atom. The van der Waals surface area contributed by atoms with E-state index in [0.717, 1.165) is 12.0 Å². The van der Waals surface area contributed by atoms with Gasteiger partial charge in [-0.05, 0) is 62.4 Å². The predicted molar refractivity (Wildman–Crippen MR) is 140 cm³/mol. The summed E-state index contributed by atoms with van der Waals surface area (Å²) in [5.41, 5.74) is 5.92. The first-order valence-electron chi connectivity index (χ1n) is 13.0. The second kappa shape index (κ2) is 11.7. The molecule has 0 fully saturated rings. The normalized spacial score (nSPS) is 20.2. The van der Waals surface area contributed by atoms with Crippen molar-refractivity contribution in [2.24, 2.45) is 5.92 Å². The Morgan fingerprint density at radius 3 is 2.81 bits per heavy atom. The van der Waals surface area contributed by atoms with Gasteiger partial charge < -0.3 is 14.7 Å². The number of fused-ring (bicyclic) bond motifs is 2. The lowest BCUT2D eigenvalue weighted by Crippen LogP contribution is -2.45. The van der Waals surface area contributed by atoms with Gasteiger partial charge in [0.2, 0.25) is 5.88 Å². The fourth-order valence-electron chi connectivity index (χ4n) is 5.64. The van der Waals surface area contributed by atoms with E-state index in [-0.39, 0.29) is 12.7 Å². The highest BCUT2D eigenvalue weighted by molar-refractivity contribution is 5.79. The number of carboxylic acid groups (broad SMARTS) is 1. The van der Waals surface area contributed by atoms with Gasteiger partial charge in [-0.3, -0.25) is 14.1 Å². The molecule has 0 radical (unpaired) electrons. The molecular formula is C29H37F2N3O3. The zero-order valence-corrected chi connectivity index (χ0v) is 22.1. The van der Waals surface area contributed by atoms with Crippen LogP contribution in [0.2, 0.25) is 0 Å². The third kappa shape index (κ3) is 5.70. The van der Waals surface area contributed by atoms with Crippen molar-refractivity contribution in [2.45, 2.75) is 52.1 Å². The van der Waals surface area contributed by atoms with E-state index in [1.165, 1.54) is 22.9 Å². The van der Waals surface area contributed by atoms with Crippen molar-refractivity contribution in [1.29, 1.82) is 0 Å². The average molecular weight is 514 g/mol. The van der Waals surface area contributed by atoms with Crippen molar-refractivity contribution in [2.75, 3.05) is 40.0 Å². The molecule has 0 saturated heterocycles. The number of nitrogens with zero attached hydrogens (tertiary/aromatic N) is 3. The number of benzene rings is 1. The first-order valence-corrected chi connectivity index (χ1v) is 13.0. The van der Waals surface area contributed by atoms with E-state index in [1.54, 1.807) is 6.92 Å². The summed E-state index contributed by atoms with van der Waals surface area (Å²) in [6, 6.07) is 7.91. The monoisotopic (exact) mass is 513 g/mol. The van der Waals surface area contributed by atoms with E-state index < -0.39 is 23.7 Å². The fraction of sp³-hybridized carbons (Fsp3) is 0.517. The first-order chi connectivity index (χ1) is 17.7. The molecule has 2 heterocycles. The summed E-state index contributed by atoms with van der Waals surface area (Å²) >= 11 is 0. The molecular weight excluding hydrogens is 476 g/mol. The zero-order chi connectivity index (χ0) is 26.7. The number of aliphatic carboxylic acids is 1. The number of carbonyl (C=O) groups is 1. The Morgan fingerprint density at radius 2 is 2.08 bits per heavy atom. The highest BCUT2D eigenvalue weighted by Gasteiger charge is 2.41. The minimum absolute atomic E-state index is 0.0252. The maximum absolute atomic E-state index is 15.7. The molecule has 2 aliphatic rings. The number of hydrogen-bond donors (Lipinski definition) is 1. The van der Waals surface area contributed by atoms with Crippen LogP contribution in [0.25, 0.3) is 5.57 Å². The van der Waals surface area contributed by atoms with E-state index in [0.29, 0.717) is 56.1 Å². The van der Waals surface area contributed by atoms with E-state index in [9.17, 15) is 14.3 Å². The van der Waals surface area contributed by atoms with E-state index in [1.807, 2.05) is 31.0 Å². The van der Waals surface area contributed by atoms with Gasteiger partial charge in [-0.2, -0.15) is 0 Å². The molecule has 1 aliphatic heterocycles. The smallest absolute Gasteiger partial charge is 0.307 e. The quantitative estimate of drug-likeness (QED) is 0.453. The van der Waals surface area contributed by atoms with E-state index in [2.05, 4.69) is 28.9 Å². The zero-order valence-electron chi connectivity index (χ0n) is 22.1. The van der Waals surface area contributed by atoms with Crippen molar-refractivity contribution >= 4 is 11.5 Å². The molecule has 4 rings (SSSR count). The van der Waals surface area contributed by atoms with Crippen LogP contribution >= 0.6 is 0 Å². The SMILES string of the molecule is Cc1c(OCCN(C)CCCF)ncc(F)c1[C@@H]1C2=C(C[C@@H](C)N1C[C@H](C)C(=O)O)c1ccccc1C2. The summed E-state index contributed by atoms with van der Waals surface area (Å²) in [7, 11) is 1.91. The summed E-state index contributed by atoms with van der Waals surface area (Å²) in [5, 5.41) is 9.67. The predicted octanol–water partition coefficient (Wildman–Crippen LogP) is 5.07. The van der Waals surface area contributed by atoms with Crippen LogP contribution in [0.15, 0.2) is 36.0 Å². The van der Waals surface area contributed by atoms with Gasteiger partial charge in [-0.25, -0.2) is 9.37 Å². The lowest BCUT2D eigenvalue weighted by Gasteiger charge is -2.43. The van der Waals surface area contributed by atoms with Gasteiger partial charge in [0.1, 0.15) is 12.4 Å². The number of halogens is 2. The van der Waals surface area contributed by atoms with Gasteiger partial charge in [0, 0.05) is 36.8 Å². The molecule has 2 aromatic rings. The Balaban J connectivity index is 1.71. The van der Waals surface area contributed by atoms with Crippen LogP contribution in [0.5, 0.6) is 5.88 Å². The van der Waals surface area contributed by atoms with Crippen LogP contribution < -0.4 is 4.74 Å². The molecule has 37 heavy (non-hydrogen) atoms. The summed E-state index contributed by atoms with van der Waals surface area (Å²) in [4.78, 5) is 20.2. The van der Waals surface area contributed by atoms with Gasteiger partial charge in [0.05, 0.1) is 24.8 Å². The lowest BCUT2D eigenvalue weighted by atomic mass is 9.83. The Labute approximate surface area is 217 Å². The highest BCUT2D eigenvalue weighted by atomic mass is 19.1. The molecule has 0 bridgehead atoms. The summed E-state index contributed by atoms with van der Waals surface area (Å²) in [5.74, 6) is -1.51. The molecule has 1 aromatic carbocycles. The van der Waals surface area contributed by atoms with Gasteiger partial charge in [0.15, 0.2) is 0 Å². The third-order valence-electron chi connectivity index (χ3n) is 7.68. The average Bonchev–Trinajstić information content (AvgIpc) is 3.23.